The molecule has 224 valence electrons. The predicted molar refractivity (Wildman–Crippen MR) is 159 cm³/mol. The van der Waals surface area contributed by atoms with Crippen LogP contribution in [0, 0.1) is 33.5 Å². The SMILES string of the molecule is CCOC(=S)SN(C(C)(C)C)S(=O)(=O)OC[C@]1(C)CCC[C@]2(C)[C@@H]1CC[C@]13C[C@@H](OC(C)=O)[C@](C)(CC[C@H]12)C3. The van der Waals surface area contributed by atoms with Crippen LogP contribution >= 0.6 is 24.2 Å². The van der Waals surface area contributed by atoms with Crippen LogP contribution in [0.15, 0.2) is 0 Å². The summed E-state index contributed by atoms with van der Waals surface area (Å²) >= 11 is 6.17. The van der Waals surface area contributed by atoms with Crippen LogP contribution in [0.5, 0.6) is 0 Å². The molecule has 2 bridgehead atoms. The highest BCUT2D eigenvalue weighted by Crippen LogP contribution is 2.74. The van der Waals surface area contributed by atoms with Crippen molar-refractivity contribution in [2.24, 2.45) is 33.5 Å². The molecule has 0 radical (unpaired) electrons. The van der Waals surface area contributed by atoms with Gasteiger partial charge in [-0.15, -0.1) is 3.71 Å². The Labute approximate surface area is 246 Å². The van der Waals surface area contributed by atoms with Gasteiger partial charge >= 0.3 is 16.3 Å². The number of hydrogen-bond donors (Lipinski definition) is 0. The van der Waals surface area contributed by atoms with E-state index in [-0.39, 0.29) is 44.7 Å². The van der Waals surface area contributed by atoms with E-state index in [1.165, 1.54) is 10.6 Å². The van der Waals surface area contributed by atoms with Gasteiger partial charge in [-0.1, -0.05) is 27.2 Å². The highest BCUT2D eigenvalue weighted by Gasteiger charge is 2.68. The Balaban J connectivity index is 1.54. The third-order valence-corrected chi connectivity index (χ3v) is 14.2. The fourth-order valence-corrected chi connectivity index (χ4v) is 12.3. The molecule has 0 aromatic heterocycles. The van der Waals surface area contributed by atoms with Crippen LogP contribution in [0.3, 0.4) is 0 Å². The molecule has 0 aromatic rings. The molecule has 0 unspecified atom stereocenters. The summed E-state index contributed by atoms with van der Waals surface area (Å²) in [5, 5.41) is 0. The van der Waals surface area contributed by atoms with Gasteiger partial charge < -0.3 is 9.47 Å². The number of thiocarbonyl (C=S) groups is 1. The summed E-state index contributed by atoms with van der Waals surface area (Å²) in [4.78, 5) is 11.9. The molecule has 7 nitrogen and oxygen atoms in total. The molecule has 0 amide bonds. The summed E-state index contributed by atoms with van der Waals surface area (Å²) in [6.07, 6.45) is 9.69. The van der Waals surface area contributed by atoms with Crippen molar-refractivity contribution >= 4 is 44.8 Å². The number of ether oxygens (including phenoxy) is 2. The summed E-state index contributed by atoms with van der Waals surface area (Å²) in [7, 11) is -4.07. The molecule has 4 saturated carbocycles. The second-order valence-corrected chi connectivity index (χ2v) is 17.8. The first-order valence-electron chi connectivity index (χ1n) is 14.6. The molecule has 7 atom stereocenters. The van der Waals surface area contributed by atoms with Crippen molar-refractivity contribution in [3.63, 3.8) is 0 Å². The van der Waals surface area contributed by atoms with E-state index in [1.54, 1.807) is 0 Å². The van der Waals surface area contributed by atoms with Crippen molar-refractivity contribution in [1.82, 2.24) is 3.71 Å². The lowest BCUT2D eigenvalue weighted by atomic mass is 9.40. The highest BCUT2D eigenvalue weighted by atomic mass is 32.3. The maximum absolute atomic E-state index is 13.6. The number of hydrogen-bond acceptors (Lipinski definition) is 8. The molecule has 0 aromatic carbocycles. The van der Waals surface area contributed by atoms with Gasteiger partial charge in [-0.3, -0.25) is 8.98 Å². The van der Waals surface area contributed by atoms with Crippen molar-refractivity contribution in [1.29, 1.82) is 0 Å². The molecule has 0 N–H and O–H groups in total. The summed E-state index contributed by atoms with van der Waals surface area (Å²) < 4.78 is 45.7. The molecule has 0 aliphatic heterocycles. The molecule has 39 heavy (non-hydrogen) atoms. The van der Waals surface area contributed by atoms with Crippen molar-refractivity contribution in [2.75, 3.05) is 13.2 Å². The summed E-state index contributed by atoms with van der Waals surface area (Å²) in [5.74, 6) is 0.760. The second kappa shape index (κ2) is 10.7. The molecule has 0 heterocycles. The Hall–Kier alpha value is -0.420. The Kier molecular flexibility index (Phi) is 8.64. The number of carbonyl (C=O) groups excluding carboxylic acids is 1. The summed E-state index contributed by atoms with van der Waals surface area (Å²) in [6.45, 7) is 16.4. The lowest BCUT2D eigenvalue weighted by Gasteiger charge is -2.64. The van der Waals surface area contributed by atoms with Gasteiger partial charge in [-0.25, -0.2) is 0 Å². The minimum absolute atomic E-state index is 0.00671. The molecule has 4 fully saturated rings. The lowest BCUT2D eigenvalue weighted by Crippen LogP contribution is -2.58. The van der Waals surface area contributed by atoms with Crippen molar-refractivity contribution in [3.8, 4) is 0 Å². The monoisotopic (exact) mass is 603 g/mol. The van der Waals surface area contributed by atoms with Gasteiger partial charge in [-0.05, 0) is 119 Å². The van der Waals surface area contributed by atoms with Crippen LogP contribution in [-0.2, 0) is 28.8 Å². The van der Waals surface area contributed by atoms with Gasteiger partial charge in [0.2, 0.25) is 4.38 Å². The Morgan fingerprint density at radius 1 is 1.08 bits per heavy atom. The first-order chi connectivity index (χ1) is 17.9. The van der Waals surface area contributed by atoms with Crippen LogP contribution < -0.4 is 0 Å². The van der Waals surface area contributed by atoms with Crippen LogP contribution in [0.1, 0.15) is 113 Å². The molecule has 1 spiro atoms. The predicted octanol–water partition coefficient (Wildman–Crippen LogP) is 7.05. The molecule has 4 aliphatic carbocycles. The van der Waals surface area contributed by atoms with Crippen LogP contribution in [0.4, 0.5) is 0 Å². The highest BCUT2D eigenvalue weighted by molar-refractivity contribution is 8.24. The average molecular weight is 604 g/mol. The number of carbonyl (C=O) groups is 1. The summed E-state index contributed by atoms with van der Waals surface area (Å²) in [6, 6.07) is 0. The number of rotatable bonds is 7. The van der Waals surface area contributed by atoms with Crippen molar-refractivity contribution < 1.29 is 26.9 Å². The normalized spacial score (nSPS) is 40.1. The maximum Gasteiger partial charge on any atom is 0.348 e. The molecule has 10 heteroatoms. The van der Waals surface area contributed by atoms with E-state index in [0.29, 0.717) is 18.4 Å². The van der Waals surface area contributed by atoms with Crippen LogP contribution in [-0.4, -0.2) is 47.3 Å². The Morgan fingerprint density at radius 3 is 2.36 bits per heavy atom. The van der Waals surface area contributed by atoms with E-state index in [9.17, 15) is 13.2 Å². The minimum atomic E-state index is -4.07. The van der Waals surface area contributed by atoms with E-state index in [2.05, 4.69) is 20.8 Å². The van der Waals surface area contributed by atoms with Gasteiger partial charge in [0, 0.05) is 29.8 Å². The first-order valence-corrected chi connectivity index (χ1v) is 17.2. The quantitative estimate of drug-likeness (QED) is 0.174. The van der Waals surface area contributed by atoms with E-state index >= 15 is 0 Å². The van der Waals surface area contributed by atoms with E-state index in [1.807, 2.05) is 27.7 Å². The molecular formula is C29H49NO6S3. The lowest BCUT2D eigenvalue weighted by molar-refractivity contribution is -0.161. The zero-order valence-corrected chi connectivity index (χ0v) is 27.6. The minimum Gasteiger partial charge on any atom is -0.478 e. The number of nitrogens with zero attached hydrogens (tertiary/aromatic N) is 1. The van der Waals surface area contributed by atoms with E-state index in [4.69, 9.17) is 25.9 Å². The van der Waals surface area contributed by atoms with Crippen LogP contribution in [0.2, 0.25) is 0 Å². The zero-order valence-electron chi connectivity index (χ0n) is 25.1. The van der Waals surface area contributed by atoms with Gasteiger partial charge in [0.05, 0.1) is 13.2 Å². The Bertz CT molecular complexity index is 1080. The third kappa shape index (κ3) is 5.80. The maximum atomic E-state index is 13.6. The van der Waals surface area contributed by atoms with Gasteiger partial charge in [0.1, 0.15) is 6.10 Å². The average Bonchev–Trinajstić information content (AvgIpc) is 2.99. The number of fused-ring (bicyclic) bond motifs is 3. The van der Waals surface area contributed by atoms with E-state index < -0.39 is 15.8 Å². The molecular weight excluding hydrogens is 555 g/mol. The molecule has 4 rings (SSSR count). The largest absolute Gasteiger partial charge is 0.478 e. The number of esters is 1. The fourth-order valence-electron chi connectivity index (χ4n) is 9.38. The molecule has 0 saturated heterocycles. The molecule has 4 aliphatic rings. The third-order valence-electron chi connectivity index (χ3n) is 10.7. The van der Waals surface area contributed by atoms with Crippen molar-refractivity contribution in [2.45, 2.75) is 125 Å². The van der Waals surface area contributed by atoms with E-state index in [0.717, 1.165) is 69.7 Å². The standard InChI is InChI=1S/C29H49NO6S3/c1-9-34-24(37)38-30(25(3,4)5)39(32,33)35-19-27(7)13-10-14-28(8)21(27)12-16-29-17-23(36-20(2)31)26(6,18-29)15-11-22(28)29/h21-23H,9-19H2,1-8H3/t21-,22+,23-,26-,27+,28-,29-/m1/s1. The topological polar surface area (TPSA) is 82.1 Å². The van der Waals surface area contributed by atoms with Gasteiger partial charge in [-0.2, -0.15) is 8.42 Å². The zero-order chi connectivity index (χ0) is 29.1. The van der Waals surface area contributed by atoms with Gasteiger partial charge in [0.15, 0.2) is 0 Å². The summed E-state index contributed by atoms with van der Waals surface area (Å²) in [5.41, 5.74) is -0.598. The smallest absolute Gasteiger partial charge is 0.348 e. The van der Waals surface area contributed by atoms with Crippen LogP contribution in [0.25, 0.3) is 0 Å². The fraction of sp³-hybridized carbons (Fsp3) is 0.931. The first kappa shape index (κ1) is 31.5. The second-order valence-electron chi connectivity index (χ2n) is 14.6. The van der Waals surface area contributed by atoms with Gasteiger partial charge in [0.25, 0.3) is 0 Å². The Morgan fingerprint density at radius 2 is 1.74 bits per heavy atom. The van der Waals surface area contributed by atoms with Crippen molar-refractivity contribution in [3.05, 3.63) is 0 Å².